The minimum absolute atomic E-state index is 0.323. The zero-order chi connectivity index (χ0) is 18.3. The van der Waals surface area contributed by atoms with Gasteiger partial charge in [-0.1, -0.05) is 0 Å². The molecule has 1 N–H and O–H groups in total. The number of nitrogens with zero attached hydrogens (tertiary/aromatic N) is 5. The van der Waals surface area contributed by atoms with Crippen molar-refractivity contribution in [2.45, 2.75) is 26.4 Å². The Morgan fingerprint density at radius 2 is 2.15 bits per heavy atom. The molecular formula is C18H19FN6O. The quantitative estimate of drug-likeness (QED) is 0.782. The predicted molar refractivity (Wildman–Crippen MR) is 96.4 cm³/mol. The third kappa shape index (κ3) is 3.10. The van der Waals surface area contributed by atoms with Crippen LogP contribution in [0.1, 0.15) is 28.2 Å². The van der Waals surface area contributed by atoms with Crippen molar-refractivity contribution in [2.24, 2.45) is 0 Å². The van der Waals surface area contributed by atoms with E-state index in [1.54, 1.807) is 22.8 Å². The molecule has 7 nitrogen and oxygen atoms in total. The van der Waals surface area contributed by atoms with Crippen LogP contribution in [0.2, 0.25) is 0 Å². The highest BCUT2D eigenvalue weighted by Crippen LogP contribution is 2.21. The molecule has 1 atom stereocenters. The van der Waals surface area contributed by atoms with Gasteiger partial charge in [0.1, 0.15) is 17.7 Å². The van der Waals surface area contributed by atoms with Crippen molar-refractivity contribution in [1.29, 1.82) is 0 Å². The zero-order valence-corrected chi connectivity index (χ0v) is 14.6. The van der Waals surface area contributed by atoms with E-state index < -0.39 is 6.17 Å². The maximum Gasteiger partial charge on any atom is 0.275 e. The fourth-order valence-electron chi connectivity index (χ4n) is 3.18. The lowest BCUT2D eigenvalue weighted by Crippen LogP contribution is -2.22. The van der Waals surface area contributed by atoms with E-state index in [0.29, 0.717) is 42.5 Å². The first-order valence-corrected chi connectivity index (χ1v) is 8.50. The van der Waals surface area contributed by atoms with Crippen molar-refractivity contribution >= 4 is 23.2 Å². The summed E-state index contributed by atoms with van der Waals surface area (Å²) in [7, 11) is 0. The molecule has 0 spiro atoms. The van der Waals surface area contributed by atoms with E-state index in [9.17, 15) is 9.18 Å². The largest absolute Gasteiger partial charge is 0.352 e. The smallest absolute Gasteiger partial charge is 0.275 e. The number of fused-ring (bicyclic) bond motifs is 1. The molecule has 134 valence electrons. The summed E-state index contributed by atoms with van der Waals surface area (Å²) in [5.74, 6) is 0.787. The van der Waals surface area contributed by atoms with Crippen molar-refractivity contribution in [3.8, 4) is 0 Å². The molecule has 1 aliphatic rings. The van der Waals surface area contributed by atoms with Crippen LogP contribution >= 0.6 is 0 Å². The number of rotatable bonds is 3. The first kappa shape index (κ1) is 16.4. The summed E-state index contributed by atoms with van der Waals surface area (Å²) in [6, 6.07) is 7.26. The maximum absolute atomic E-state index is 13.5. The van der Waals surface area contributed by atoms with Crippen molar-refractivity contribution in [2.75, 3.05) is 23.3 Å². The number of hydrogen-bond acceptors (Lipinski definition) is 5. The average molecular weight is 354 g/mol. The van der Waals surface area contributed by atoms with E-state index in [0.717, 1.165) is 11.3 Å². The molecule has 8 heteroatoms. The van der Waals surface area contributed by atoms with E-state index in [4.69, 9.17) is 0 Å². The molecular weight excluding hydrogens is 335 g/mol. The lowest BCUT2D eigenvalue weighted by molar-refractivity contribution is 0.102. The average Bonchev–Trinajstić information content (AvgIpc) is 3.20. The van der Waals surface area contributed by atoms with Crippen molar-refractivity contribution < 1.29 is 9.18 Å². The number of carbonyl (C=O) groups excluding carboxylic acids is 1. The highest BCUT2D eigenvalue weighted by atomic mass is 19.1. The van der Waals surface area contributed by atoms with Gasteiger partial charge in [0.05, 0.1) is 12.7 Å². The zero-order valence-electron chi connectivity index (χ0n) is 14.6. The Morgan fingerprint density at radius 3 is 2.88 bits per heavy atom. The van der Waals surface area contributed by atoms with Gasteiger partial charge >= 0.3 is 0 Å². The number of alkyl halides is 1. The van der Waals surface area contributed by atoms with Crippen LogP contribution in [0.4, 0.5) is 16.0 Å². The number of halogens is 1. The fourth-order valence-corrected chi connectivity index (χ4v) is 3.18. The first-order valence-electron chi connectivity index (χ1n) is 8.50. The molecule has 0 aliphatic carbocycles. The molecule has 3 aromatic rings. The first-order chi connectivity index (χ1) is 12.5. The molecule has 1 amide bonds. The Morgan fingerprint density at radius 1 is 1.31 bits per heavy atom. The van der Waals surface area contributed by atoms with Gasteiger partial charge in [-0.3, -0.25) is 4.79 Å². The number of aryl methyl sites for hydroxylation is 2. The van der Waals surface area contributed by atoms with Gasteiger partial charge in [-0.2, -0.15) is 4.52 Å². The van der Waals surface area contributed by atoms with Gasteiger partial charge in [0.2, 0.25) is 0 Å². The number of hydrogen-bond donors (Lipinski definition) is 1. The second-order valence-electron chi connectivity index (χ2n) is 6.56. The summed E-state index contributed by atoms with van der Waals surface area (Å²) in [5.41, 5.74) is 2.70. The van der Waals surface area contributed by atoms with Crippen LogP contribution in [0, 0.1) is 13.8 Å². The monoisotopic (exact) mass is 354 g/mol. The number of pyridine rings is 1. The second kappa shape index (κ2) is 6.36. The van der Waals surface area contributed by atoms with Crippen LogP contribution in [0.3, 0.4) is 0 Å². The van der Waals surface area contributed by atoms with Gasteiger partial charge in [0, 0.05) is 12.2 Å². The maximum atomic E-state index is 13.5. The number of aromatic nitrogens is 4. The number of amides is 1. The van der Waals surface area contributed by atoms with E-state index in [1.165, 1.54) is 0 Å². The molecule has 4 rings (SSSR count). The molecule has 1 fully saturated rings. The van der Waals surface area contributed by atoms with Crippen LogP contribution in [0.15, 0.2) is 30.5 Å². The molecule has 1 saturated heterocycles. The molecule has 0 radical (unpaired) electrons. The Balaban J connectivity index is 1.63. The number of imidazole rings is 1. The second-order valence-corrected chi connectivity index (χ2v) is 6.56. The number of carbonyl (C=O) groups is 1. The standard InChI is InChI=1S/C18H19FN6O/c1-11-7-12(2)21-14(8-11)18(26)22-17-9-20-15-3-4-16(23-25(15)17)24-6-5-13(19)10-24/h3-4,7-9,13H,5-6,10H2,1-2H3,(H,22,26). The van der Waals surface area contributed by atoms with Gasteiger partial charge < -0.3 is 10.2 Å². The van der Waals surface area contributed by atoms with Crippen LogP contribution < -0.4 is 10.2 Å². The van der Waals surface area contributed by atoms with Gasteiger partial charge in [-0.05, 0) is 50.1 Å². The molecule has 1 unspecified atom stereocenters. The summed E-state index contributed by atoms with van der Waals surface area (Å²) in [4.78, 5) is 23.0. The highest BCUT2D eigenvalue weighted by molar-refractivity contribution is 6.02. The number of anilines is 2. The van der Waals surface area contributed by atoms with Crippen molar-refractivity contribution in [1.82, 2.24) is 19.6 Å². The van der Waals surface area contributed by atoms with Crippen LogP contribution in [0.5, 0.6) is 0 Å². The third-order valence-electron chi connectivity index (χ3n) is 4.37. The summed E-state index contributed by atoms with van der Waals surface area (Å²) < 4.78 is 15.0. The molecule has 0 saturated carbocycles. The normalized spacial score (nSPS) is 17.0. The lowest BCUT2D eigenvalue weighted by atomic mass is 10.2. The fraction of sp³-hybridized carbons (Fsp3) is 0.333. The Bertz CT molecular complexity index is 965. The summed E-state index contributed by atoms with van der Waals surface area (Å²) >= 11 is 0. The van der Waals surface area contributed by atoms with Crippen molar-refractivity contribution in [3.63, 3.8) is 0 Å². The Hall–Kier alpha value is -3.03. The Labute approximate surface area is 149 Å². The molecule has 0 aromatic carbocycles. The molecule has 0 bridgehead atoms. The van der Waals surface area contributed by atoms with E-state index in [2.05, 4.69) is 20.4 Å². The molecule has 4 heterocycles. The topological polar surface area (TPSA) is 75.4 Å². The van der Waals surface area contributed by atoms with E-state index in [-0.39, 0.29) is 5.91 Å². The van der Waals surface area contributed by atoms with E-state index >= 15 is 0 Å². The molecule has 1 aliphatic heterocycles. The third-order valence-corrected chi connectivity index (χ3v) is 4.37. The van der Waals surface area contributed by atoms with E-state index in [1.807, 2.05) is 30.9 Å². The Kier molecular flexibility index (Phi) is 4.02. The molecule has 26 heavy (non-hydrogen) atoms. The van der Waals surface area contributed by atoms with Gasteiger partial charge in [-0.25, -0.2) is 14.4 Å². The molecule has 3 aromatic heterocycles. The number of nitrogens with one attached hydrogen (secondary N) is 1. The van der Waals surface area contributed by atoms with Crippen LogP contribution in [-0.2, 0) is 0 Å². The van der Waals surface area contributed by atoms with Crippen molar-refractivity contribution in [3.05, 3.63) is 47.4 Å². The highest BCUT2D eigenvalue weighted by Gasteiger charge is 2.23. The van der Waals surface area contributed by atoms with Gasteiger partial charge in [0.15, 0.2) is 11.5 Å². The predicted octanol–water partition coefficient (Wildman–Crippen LogP) is 2.54. The SMILES string of the molecule is Cc1cc(C)nc(C(=O)Nc2cnc3ccc(N4CCC(F)C4)nn23)c1. The van der Waals surface area contributed by atoms with Crippen LogP contribution in [-0.4, -0.2) is 44.8 Å². The van der Waals surface area contributed by atoms with Gasteiger partial charge in [0.25, 0.3) is 5.91 Å². The lowest BCUT2D eigenvalue weighted by Gasteiger charge is -2.16. The summed E-state index contributed by atoms with van der Waals surface area (Å²) in [5, 5.41) is 7.32. The van der Waals surface area contributed by atoms with Gasteiger partial charge in [-0.15, -0.1) is 5.10 Å². The summed E-state index contributed by atoms with van der Waals surface area (Å²) in [6.07, 6.45) is 1.23. The minimum Gasteiger partial charge on any atom is -0.352 e. The van der Waals surface area contributed by atoms with Crippen LogP contribution in [0.25, 0.3) is 5.65 Å². The minimum atomic E-state index is -0.829. The summed E-state index contributed by atoms with van der Waals surface area (Å²) in [6.45, 7) is 4.73.